The van der Waals surface area contributed by atoms with Crippen molar-refractivity contribution in [2.24, 2.45) is 0 Å². The summed E-state index contributed by atoms with van der Waals surface area (Å²) in [6.45, 7) is 0.379. The average molecular weight is 423 g/mol. The zero-order valence-corrected chi connectivity index (χ0v) is 18.0. The number of carbonyl (C=O) groups is 1. The van der Waals surface area contributed by atoms with Crippen LogP contribution in [0.1, 0.15) is 48.3 Å². The van der Waals surface area contributed by atoms with Crippen molar-refractivity contribution < 1.29 is 9.53 Å². The van der Waals surface area contributed by atoms with Crippen LogP contribution in [0.25, 0.3) is 16.7 Å². The van der Waals surface area contributed by atoms with Gasteiger partial charge in [-0.25, -0.2) is 4.79 Å². The Morgan fingerprint density at radius 2 is 1.62 bits per heavy atom. The van der Waals surface area contributed by atoms with E-state index in [0.29, 0.717) is 6.61 Å². The van der Waals surface area contributed by atoms with E-state index in [1.54, 1.807) is 0 Å². The zero-order chi connectivity index (χ0) is 21.5. The molecule has 1 fully saturated rings. The van der Waals surface area contributed by atoms with E-state index in [-0.39, 0.29) is 24.1 Å². The fourth-order valence-corrected chi connectivity index (χ4v) is 5.76. The van der Waals surface area contributed by atoms with E-state index >= 15 is 0 Å². The van der Waals surface area contributed by atoms with Gasteiger partial charge in [0.15, 0.2) is 0 Å². The van der Waals surface area contributed by atoms with Crippen molar-refractivity contribution in [1.29, 1.82) is 0 Å². The highest BCUT2D eigenvalue weighted by Crippen LogP contribution is 2.45. The maximum atomic E-state index is 13.3. The maximum Gasteiger partial charge on any atom is 0.410 e. The number of hydrogen-bond donors (Lipinski definition) is 0. The van der Waals surface area contributed by atoms with Gasteiger partial charge in [0, 0.05) is 24.4 Å². The predicted octanol–water partition coefficient (Wildman–Crippen LogP) is 6.04. The van der Waals surface area contributed by atoms with E-state index < -0.39 is 0 Å². The first-order valence-electron chi connectivity index (χ1n) is 11.5. The average Bonchev–Trinajstić information content (AvgIpc) is 3.16. The highest BCUT2D eigenvalue weighted by Gasteiger charge is 2.39. The molecule has 160 valence electrons. The molecule has 32 heavy (non-hydrogen) atoms. The molecule has 1 amide bonds. The molecule has 4 nitrogen and oxygen atoms in total. The highest BCUT2D eigenvalue weighted by molar-refractivity contribution is 5.79. The smallest absolute Gasteiger partial charge is 0.410 e. The van der Waals surface area contributed by atoms with Gasteiger partial charge >= 0.3 is 6.09 Å². The van der Waals surface area contributed by atoms with Crippen LogP contribution in [-0.2, 0) is 4.74 Å². The highest BCUT2D eigenvalue weighted by atomic mass is 16.6. The summed E-state index contributed by atoms with van der Waals surface area (Å²) in [7, 11) is 0. The molecule has 0 N–H and O–H groups in total. The van der Waals surface area contributed by atoms with Crippen molar-refractivity contribution in [3.8, 4) is 11.1 Å². The predicted molar refractivity (Wildman–Crippen MR) is 125 cm³/mol. The Morgan fingerprint density at radius 1 is 0.938 bits per heavy atom. The largest absolute Gasteiger partial charge is 0.448 e. The number of piperidine rings is 1. The fraction of sp³-hybridized carbons (Fsp3) is 0.286. The van der Waals surface area contributed by atoms with Crippen molar-refractivity contribution in [3.63, 3.8) is 0 Å². The number of rotatable bonds is 3. The number of carbonyl (C=O) groups excluding carboxylic acids is 1. The van der Waals surface area contributed by atoms with Crippen LogP contribution in [0.2, 0.25) is 0 Å². The number of ether oxygens (including phenoxy) is 1. The Bertz CT molecular complexity index is 1140. The van der Waals surface area contributed by atoms with Crippen LogP contribution in [0.4, 0.5) is 4.79 Å². The second kappa shape index (κ2) is 7.94. The number of aromatic nitrogens is 1. The molecule has 0 radical (unpaired) electrons. The lowest BCUT2D eigenvalue weighted by molar-refractivity contribution is 0.0539. The first-order valence-corrected chi connectivity index (χ1v) is 11.5. The van der Waals surface area contributed by atoms with Gasteiger partial charge in [-0.3, -0.25) is 9.88 Å². The number of hydrogen-bond acceptors (Lipinski definition) is 3. The fourth-order valence-electron chi connectivity index (χ4n) is 5.76. The van der Waals surface area contributed by atoms with Gasteiger partial charge in [0.05, 0.1) is 6.04 Å². The minimum Gasteiger partial charge on any atom is -0.448 e. The van der Waals surface area contributed by atoms with Crippen molar-refractivity contribution in [2.75, 3.05) is 6.61 Å². The SMILES string of the molecule is O=C(OCC1c2ccccc2-c2ccccc21)N1C2C=C(c3ccncc3)CC1CCC2. The summed E-state index contributed by atoms with van der Waals surface area (Å²) in [5, 5.41) is 0. The van der Waals surface area contributed by atoms with E-state index in [9.17, 15) is 4.79 Å². The molecule has 2 aliphatic heterocycles. The summed E-state index contributed by atoms with van der Waals surface area (Å²) in [6, 6.07) is 21.4. The summed E-state index contributed by atoms with van der Waals surface area (Å²) in [6.07, 6.45) is 9.83. The number of fused-ring (bicyclic) bond motifs is 5. The minimum absolute atomic E-state index is 0.0962. The van der Waals surface area contributed by atoms with E-state index in [2.05, 4.69) is 71.7 Å². The van der Waals surface area contributed by atoms with Crippen molar-refractivity contribution >= 4 is 11.7 Å². The van der Waals surface area contributed by atoms with Crippen LogP contribution in [0, 0.1) is 0 Å². The van der Waals surface area contributed by atoms with Crippen LogP contribution < -0.4 is 0 Å². The van der Waals surface area contributed by atoms with Crippen LogP contribution in [0.5, 0.6) is 0 Å². The third kappa shape index (κ3) is 3.22. The molecule has 1 aromatic heterocycles. The van der Waals surface area contributed by atoms with Gasteiger partial charge in [0.25, 0.3) is 0 Å². The lowest BCUT2D eigenvalue weighted by atomic mass is 9.83. The van der Waals surface area contributed by atoms with E-state index in [1.807, 2.05) is 17.3 Å². The Labute approximate surface area is 188 Å². The number of benzene rings is 2. The molecule has 3 heterocycles. The van der Waals surface area contributed by atoms with Crippen molar-refractivity contribution in [3.05, 3.63) is 95.8 Å². The molecule has 1 aliphatic carbocycles. The van der Waals surface area contributed by atoms with E-state index in [4.69, 9.17) is 4.74 Å². The minimum atomic E-state index is -0.174. The molecule has 3 aliphatic rings. The normalized spacial score (nSPS) is 21.5. The first-order chi connectivity index (χ1) is 15.8. The second-order valence-electron chi connectivity index (χ2n) is 9.00. The quantitative estimate of drug-likeness (QED) is 0.517. The molecule has 2 aromatic carbocycles. The van der Waals surface area contributed by atoms with E-state index in [1.165, 1.54) is 33.4 Å². The number of amides is 1. The first kappa shape index (κ1) is 19.3. The van der Waals surface area contributed by atoms with Crippen LogP contribution in [0.15, 0.2) is 79.1 Å². The molecule has 6 rings (SSSR count). The molecule has 0 saturated carbocycles. The van der Waals surface area contributed by atoms with Gasteiger partial charge in [-0.2, -0.15) is 0 Å². The lowest BCUT2D eigenvalue weighted by Crippen LogP contribution is -2.51. The second-order valence-corrected chi connectivity index (χ2v) is 9.00. The van der Waals surface area contributed by atoms with Gasteiger partial charge in [-0.05, 0) is 71.2 Å². The Morgan fingerprint density at radius 3 is 2.31 bits per heavy atom. The summed E-state index contributed by atoms with van der Waals surface area (Å²) >= 11 is 0. The van der Waals surface area contributed by atoms with Crippen LogP contribution in [0.3, 0.4) is 0 Å². The molecular weight excluding hydrogens is 396 g/mol. The molecule has 3 aromatic rings. The van der Waals surface area contributed by atoms with E-state index in [0.717, 1.165) is 25.7 Å². The Kier molecular flexibility index (Phi) is 4.79. The van der Waals surface area contributed by atoms with Gasteiger partial charge in [-0.15, -0.1) is 0 Å². The topological polar surface area (TPSA) is 42.4 Å². The third-order valence-electron chi connectivity index (χ3n) is 7.24. The van der Waals surface area contributed by atoms with Gasteiger partial charge in [-0.1, -0.05) is 54.6 Å². The maximum absolute atomic E-state index is 13.3. The molecule has 2 unspecified atom stereocenters. The lowest BCUT2D eigenvalue weighted by Gasteiger charge is -2.44. The molecule has 1 saturated heterocycles. The van der Waals surface area contributed by atoms with Crippen LogP contribution in [-0.4, -0.2) is 34.7 Å². The van der Waals surface area contributed by atoms with Crippen LogP contribution >= 0.6 is 0 Å². The van der Waals surface area contributed by atoms with Gasteiger partial charge in [0.1, 0.15) is 6.61 Å². The molecule has 0 spiro atoms. The number of pyridine rings is 1. The summed E-state index contributed by atoms with van der Waals surface area (Å²) in [4.78, 5) is 19.4. The Balaban J connectivity index is 1.22. The summed E-state index contributed by atoms with van der Waals surface area (Å²) in [5.74, 6) is 0.0962. The zero-order valence-electron chi connectivity index (χ0n) is 18.0. The Hall–Kier alpha value is -3.40. The standard InChI is InChI=1S/C28H26N2O2/c31-28(30-21-6-5-7-22(30)17-20(16-21)19-12-14-29-15-13-19)32-18-27-25-10-3-1-8-23(25)24-9-2-4-11-26(24)27/h1-4,8-16,21-22,27H,5-7,17-18H2. The summed E-state index contributed by atoms with van der Waals surface area (Å²) in [5.41, 5.74) is 7.54. The molecule has 2 atom stereocenters. The molecule has 2 bridgehead atoms. The van der Waals surface area contributed by atoms with Gasteiger partial charge in [0.2, 0.25) is 0 Å². The molecule has 4 heteroatoms. The van der Waals surface area contributed by atoms with Crippen molar-refractivity contribution in [2.45, 2.75) is 43.7 Å². The van der Waals surface area contributed by atoms with Crippen molar-refractivity contribution in [1.82, 2.24) is 9.88 Å². The third-order valence-corrected chi connectivity index (χ3v) is 7.24. The monoisotopic (exact) mass is 422 g/mol. The molecular formula is C28H26N2O2. The van der Waals surface area contributed by atoms with Gasteiger partial charge < -0.3 is 4.74 Å². The number of nitrogens with zero attached hydrogens (tertiary/aromatic N) is 2. The summed E-state index contributed by atoms with van der Waals surface area (Å²) < 4.78 is 6.00.